The Morgan fingerprint density at radius 1 is 1.04 bits per heavy atom. The molecule has 0 bridgehead atoms. The third-order valence-electron chi connectivity index (χ3n) is 3.57. The standard InChI is InChI=1S/C19H20IN3O2S/c1-11(2)17(24)21-14-5-4-6-15(10-14)22-19(26)23-18(25)13-8-7-12(3)16(20)9-13/h4-11H,1-3H3,(H,21,24)(H2,22,23,25,26). The van der Waals surface area contributed by atoms with Crippen molar-refractivity contribution in [3.8, 4) is 0 Å². The van der Waals surface area contributed by atoms with Crippen LogP contribution in [0.5, 0.6) is 0 Å². The predicted octanol–water partition coefficient (Wildman–Crippen LogP) is 4.32. The highest BCUT2D eigenvalue weighted by Gasteiger charge is 2.10. The summed E-state index contributed by atoms with van der Waals surface area (Å²) in [6.45, 7) is 5.64. The summed E-state index contributed by atoms with van der Waals surface area (Å²) in [7, 11) is 0. The van der Waals surface area contributed by atoms with Crippen molar-refractivity contribution in [3.05, 3.63) is 57.2 Å². The van der Waals surface area contributed by atoms with Crippen LogP contribution in [0.3, 0.4) is 0 Å². The molecule has 0 saturated heterocycles. The summed E-state index contributed by atoms with van der Waals surface area (Å²) >= 11 is 7.40. The van der Waals surface area contributed by atoms with Gasteiger partial charge in [-0.05, 0) is 77.6 Å². The van der Waals surface area contributed by atoms with Gasteiger partial charge < -0.3 is 10.6 Å². The topological polar surface area (TPSA) is 70.2 Å². The second kappa shape index (κ2) is 9.09. The van der Waals surface area contributed by atoms with E-state index in [2.05, 4.69) is 38.5 Å². The molecule has 2 aromatic rings. The van der Waals surface area contributed by atoms with Gasteiger partial charge in [0.15, 0.2) is 5.11 Å². The first-order valence-electron chi connectivity index (χ1n) is 8.05. The van der Waals surface area contributed by atoms with Crippen LogP contribution >= 0.6 is 34.8 Å². The minimum atomic E-state index is -0.273. The van der Waals surface area contributed by atoms with Crippen molar-refractivity contribution in [3.63, 3.8) is 0 Å². The van der Waals surface area contributed by atoms with Crippen LogP contribution in [0.4, 0.5) is 11.4 Å². The van der Waals surface area contributed by atoms with Gasteiger partial charge in [0.05, 0.1) is 0 Å². The van der Waals surface area contributed by atoms with E-state index >= 15 is 0 Å². The fourth-order valence-corrected chi connectivity index (χ4v) is 2.76. The van der Waals surface area contributed by atoms with Crippen molar-refractivity contribution < 1.29 is 9.59 Å². The monoisotopic (exact) mass is 481 g/mol. The summed E-state index contributed by atoms with van der Waals surface area (Å²) in [5.74, 6) is -0.444. The maximum Gasteiger partial charge on any atom is 0.257 e. The molecule has 0 aliphatic carbocycles. The highest BCUT2D eigenvalue weighted by molar-refractivity contribution is 14.1. The number of hydrogen-bond donors (Lipinski definition) is 3. The summed E-state index contributed by atoms with van der Waals surface area (Å²) in [5, 5.41) is 8.63. The van der Waals surface area contributed by atoms with Gasteiger partial charge in [0.2, 0.25) is 5.91 Å². The molecule has 0 radical (unpaired) electrons. The Hall–Kier alpha value is -2.00. The third-order valence-corrected chi connectivity index (χ3v) is 4.94. The molecule has 7 heteroatoms. The summed E-state index contributed by atoms with van der Waals surface area (Å²) in [5.41, 5.74) is 3.00. The van der Waals surface area contributed by atoms with Crippen molar-refractivity contribution in [2.45, 2.75) is 20.8 Å². The van der Waals surface area contributed by atoms with Gasteiger partial charge in [0.1, 0.15) is 0 Å². The average Bonchev–Trinajstić information content (AvgIpc) is 2.57. The molecule has 2 aromatic carbocycles. The second-order valence-electron chi connectivity index (χ2n) is 6.10. The number of benzene rings is 2. The quantitative estimate of drug-likeness (QED) is 0.450. The number of aryl methyl sites for hydroxylation is 1. The maximum absolute atomic E-state index is 12.3. The number of thiocarbonyl (C=S) groups is 1. The van der Waals surface area contributed by atoms with Crippen molar-refractivity contribution in [2.75, 3.05) is 10.6 Å². The zero-order chi connectivity index (χ0) is 19.3. The summed E-state index contributed by atoms with van der Waals surface area (Å²) < 4.78 is 1.02. The van der Waals surface area contributed by atoms with Crippen molar-refractivity contribution >= 4 is 63.1 Å². The fourth-order valence-electron chi connectivity index (χ4n) is 2.03. The number of carbonyl (C=O) groups is 2. The molecule has 0 aliphatic rings. The van der Waals surface area contributed by atoms with Crippen molar-refractivity contribution in [1.29, 1.82) is 0 Å². The molecule has 2 rings (SSSR count). The lowest BCUT2D eigenvalue weighted by Crippen LogP contribution is -2.34. The number of hydrogen-bond acceptors (Lipinski definition) is 3. The van der Waals surface area contributed by atoms with Gasteiger partial charge >= 0.3 is 0 Å². The van der Waals surface area contributed by atoms with Gasteiger partial charge in [0.25, 0.3) is 5.91 Å². The van der Waals surface area contributed by atoms with Crippen LogP contribution in [0.2, 0.25) is 0 Å². The molecule has 0 heterocycles. The normalized spacial score (nSPS) is 10.3. The largest absolute Gasteiger partial charge is 0.332 e. The van der Waals surface area contributed by atoms with Gasteiger partial charge in [-0.1, -0.05) is 26.0 Å². The van der Waals surface area contributed by atoms with Crippen molar-refractivity contribution in [2.24, 2.45) is 5.92 Å². The maximum atomic E-state index is 12.3. The summed E-state index contributed by atoms with van der Waals surface area (Å²) in [6.07, 6.45) is 0. The smallest absolute Gasteiger partial charge is 0.257 e. The number of halogens is 1. The zero-order valence-electron chi connectivity index (χ0n) is 14.7. The molecule has 0 unspecified atom stereocenters. The van der Waals surface area contributed by atoms with Crippen LogP contribution in [0.15, 0.2) is 42.5 Å². The van der Waals surface area contributed by atoms with Crippen molar-refractivity contribution in [1.82, 2.24) is 5.32 Å². The van der Waals surface area contributed by atoms with Crippen LogP contribution in [0.25, 0.3) is 0 Å². The van der Waals surface area contributed by atoms with E-state index in [1.165, 1.54) is 0 Å². The predicted molar refractivity (Wildman–Crippen MR) is 117 cm³/mol. The van der Waals surface area contributed by atoms with Gasteiger partial charge in [-0.25, -0.2) is 0 Å². The van der Waals surface area contributed by atoms with Crippen LogP contribution in [0, 0.1) is 16.4 Å². The van der Waals surface area contributed by atoms with E-state index < -0.39 is 0 Å². The molecule has 0 atom stereocenters. The Labute approximate surface area is 172 Å². The number of nitrogens with one attached hydrogen (secondary N) is 3. The summed E-state index contributed by atoms with van der Waals surface area (Å²) in [6, 6.07) is 12.6. The minimum Gasteiger partial charge on any atom is -0.332 e. The molecule has 3 N–H and O–H groups in total. The number of anilines is 2. The molecule has 0 aromatic heterocycles. The second-order valence-corrected chi connectivity index (χ2v) is 7.67. The van der Waals surface area contributed by atoms with E-state index in [4.69, 9.17) is 12.2 Å². The summed E-state index contributed by atoms with van der Waals surface area (Å²) in [4.78, 5) is 24.1. The first-order chi connectivity index (χ1) is 12.3. The zero-order valence-corrected chi connectivity index (χ0v) is 17.7. The molecule has 5 nitrogen and oxygen atoms in total. The Morgan fingerprint density at radius 2 is 1.69 bits per heavy atom. The lowest BCUT2D eigenvalue weighted by atomic mass is 10.1. The molecular weight excluding hydrogens is 461 g/mol. The minimum absolute atomic E-state index is 0.0630. The van der Waals surface area contributed by atoms with E-state index in [1.807, 2.05) is 32.9 Å². The fraction of sp³-hybridized carbons (Fsp3) is 0.211. The molecular formula is C19H20IN3O2S. The SMILES string of the molecule is Cc1ccc(C(=O)NC(=S)Nc2cccc(NC(=O)C(C)C)c2)cc1I. The lowest BCUT2D eigenvalue weighted by molar-refractivity contribution is -0.118. The van der Waals surface area contributed by atoms with Gasteiger partial charge in [-0.3, -0.25) is 14.9 Å². The van der Waals surface area contributed by atoms with Crippen LogP contribution in [-0.2, 0) is 4.79 Å². The number of carbonyl (C=O) groups excluding carboxylic acids is 2. The first kappa shape index (κ1) is 20.3. The molecule has 0 aliphatic heterocycles. The van der Waals surface area contributed by atoms with Gasteiger partial charge in [0, 0.05) is 26.4 Å². The highest BCUT2D eigenvalue weighted by atomic mass is 127. The van der Waals surface area contributed by atoms with Gasteiger partial charge in [-0.15, -0.1) is 0 Å². The van der Waals surface area contributed by atoms with Crippen LogP contribution in [-0.4, -0.2) is 16.9 Å². The third kappa shape index (κ3) is 5.77. The molecule has 26 heavy (non-hydrogen) atoms. The number of rotatable bonds is 4. The van der Waals surface area contributed by atoms with Gasteiger partial charge in [-0.2, -0.15) is 0 Å². The Bertz CT molecular complexity index is 852. The molecule has 136 valence electrons. The van der Waals surface area contributed by atoms with E-state index in [0.29, 0.717) is 16.9 Å². The first-order valence-corrected chi connectivity index (χ1v) is 9.54. The molecule has 0 saturated carbocycles. The molecule has 0 spiro atoms. The Morgan fingerprint density at radius 3 is 2.31 bits per heavy atom. The van der Waals surface area contributed by atoms with E-state index in [9.17, 15) is 9.59 Å². The van der Waals surface area contributed by atoms with E-state index in [-0.39, 0.29) is 22.8 Å². The van der Waals surface area contributed by atoms with E-state index in [0.717, 1.165) is 9.13 Å². The Balaban J connectivity index is 2.00. The highest BCUT2D eigenvalue weighted by Crippen LogP contribution is 2.16. The lowest BCUT2D eigenvalue weighted by Gasteiger charge is -2.12. The Kier molecular flexibility index (Phi) is 7.10. The average molecular weight is 481 g/mol. The molecule has 2 amide bonds. The number of amides is 2. The molecule has 0 fully saturated rings. The van der Waals surface area contributed by atoms with Crippen LogP contribution < -0.4 is 16.0 Å². The van der Waals surface area contributed by atoms with E-state index in [1.54, 1.807) is 30.3 Å². The van der Waals surface area contributed by atoms with Crippen LogP contribution in [0.1, 0.15) is 29.8 Å².